The molecule has 3 rings (SSSR count). The lowest BCUT2D eigenvalue weighted by molar-refractivity contribution is 0.00578. The van der Waals surface area contributed by atoms with E-state index in [4.69, 9.17) is 20.9 Å². The van der Waals surface area contributed by atoms with Gasteiger partial charge in [-0.15, -0.1) is 0 Å². The highest BCUT2D eigenvalue weighted by molar-refractivity contribution is 6.66. The Morgan fingerprint density at radius 2 is 1.45 bits per heavy atom. The van der Waals surface area contributed by atoms with Crippen LogP contribution in [0.5, 0.6) is 0 Å². The molecule has 20 heavy (non-hydrogen) atoms. The molecule has 0 aliphatic carbocycles. The van der Waals surface area contributed by atoms with E-state index in [0.29, 0.717) is 0 Å². The van der Waals surface area contributed by atoms with Crippen molar-refractivity contribution in [1.82, 2.24) is 0 Å². The van der Waals surface area contributed by atoms with E-state index in [-0.39, 0.29) is 18.3 Å². The molecule has 1 saturated heterocycles. The minimum atomic E-state index is -0.386. The first kappa shape index (κ1) is 13.9. The van der Waals surface area contributed by atoms with Crippen LogP contribution in [-0.2, 0) is 9.31 Å². The van der Waals surface area contributed by atoms with Gasteiger partial charge in [0.15, 0.2) is 0 Å². The largest absolute Gasteiger partial charge is 0.495 e. The van der Waals surface area contributed by atoms with Crippen LogP contribution < -0.4 is 5.46 Å². The summed E-state index contributed by atoms with van der Waals surface area (Å²) in [6.45, 7) is 8.22. The van der Waals surface area contributed by atoms with E-state index in [1.807, 2.05) is 24.3 Å². The molecule has 0 aromatic heterocycles. The zero-order valence-corrected chi connectivity index (χ0v) is 13.0. The van der Waals surface area contributed by atoms with Gasteiger partial charge in [-0.25, -0.2) is 0 Å². The predicted octanol–water partition coefficient (Wildman–Crippen LogP) is 3.79. The molecule has 0 N–H and O–H groups in total. The first-order valence-electron chi connectivity index (χ1n) is 6.85. The van der Waals surface area contributed by atoms with Crippen molar-refractivity contribution in [3.05, 3.63) is 41.4 Å². The molecule has 1 aliphatic heterocycles. The smallest absolute Gasteiger partial charge is 0.399 e. The molecular formula is C16H18BClO2. The molecular weight excluding hydrogens is 270 g/mol. The molecule has 0 bridgehead atoms. The van der Waals surface area contributed by atoms with Crippen molar-refractivity contribution >= 4 is 35.0 Å². The van der Waals surface area contributed by atoms with Gasteiger partial charge in [-0.3, -0.25) is 0 Å². The van der Waals surface area contributed by atoms with Gasteiger partial charge in [0.2, 0.25) is 0 Å². The van der Waals surface area contributed by atoms with Gasteiger partial charge in [0.25, 0.3) is 0 Å². The number of fused-ring (bicyclic) bond motifs is 1. The molecule has 4 heteroatoms. The molecule has 0 spiro atoms. The Balaban J connectivity index is 2.13. The third-order valence-electron chi connectivity index (χ3n) is 4.39. The lowest BCUT2D eigenvalue weighted by Gasteiger charge is -2.32. The standard InChI is InChI=1S/C16H18BClO2/c1-15(2)16(3,4)20-17(19-15)12-9-5-7-11-8-6-10-13(18)14(11)12/h5-10H,1-4H3. The van der Waals surface area contributed by atoms with Crippen LogP contribution in [0.1, 0.15) is 27.7 Å². The Kier molecular flexibility index (Phi) is 3.13. The maximum absolute atomic E-state index is 6.37. The summed E-state index contributed by atoms with van der Waals surface area (Å²) in [5, 5.41) is 2.84. The Morgan fingerprint density at radius 3 is 2.05 bits per heavy atom. The molecule has 0 radical (unpaired) electrons. The maximum atomic E-state index is 6.37. The molecule has 0 atom stereocenters. The van der Waals surface area contributed by atoms with Crippen LogP contribution in [0.25, 0.3) is 10.8 Å². The minimum absolute atomic E-state index is 0.346. The molecule has 0 amide bonds. The van der Waals surface area contributed by atoms with Crippen LogP contribution >= 0.6 is 11.6 Å². The van der Waals surface area contributed by atoms with Crippen LogP contribution in [0.4, 0.5) is 0 Å². The predicted molar refractivity (Wildman–Crippen MR) is 84.7 cm³/mol. The van der Waals surface area contributed by atoms with Crippen molar-refractivity contribution < 1.29 is 9.31 Å². The second-order valence-electron chi connectivity index (χ2n) is 6.27. The molecule has 1 heterocycles. The maximum Gasteiger partial charge on any atom is 0.495 e. The molecule has 0 saturated carbocycles. The van der Waals surface area contributed by atoms with Gasteiger partial charge < -0.3 is 9.31 Å². The SMILES string of the molecule is CC1(C)OB(c2cccc3cccc(Cl)c23)OC1(C)C. The van der Waals surface area contributed by atoms with Crippen molar-refractivity contribution in [2.24, 2.45) is 0 Å². The van der Waals surface area contributed by atoms with Crippen LogP contribution in [0.15, 0.2) is 36.4 Å². The van der Waals surface area contributed by atoms with Crippen LogP contribution in [0, 0.1) is 0 Å². The number of halogens is 1. The fourth-order valence-electron chi connectivity index (χ4n) is 2.49. The van der Waals surface area contributed by atoms with Crippen LogP contribution in [0.2, 0.25) is 5.02 Å². The van der Waals surface area contributed by atoms with Crippen LogP contribution in [-0.4, -0.2) is 18.3 Å². The average molecular weight is 289 g/mol. The second kappa shape index (κ2) is 4.49. The van der Waals surface area contributed by atoms with Crippen LogP contribution in [0.3, 0.4) is 0 Å². The number of hydrogen-bond donors (Lipinski definition) is 0. The average Bonchev–Trinajstić information content (AvgIpc) is 2.58. The fraction of sp³-hybridized carbons (Fsp3) is 0.375. The van der Waals surface area contributed by atoms with Gasteiger partial charge >= 0.3 is 7.12 Å². The summed E-state index contributed by atoms with van der Waals surface area (Å²) in [6.07, 6.45) is 0. The molecule has 1 fully saturated rings. The third kappa shape index (κ3) is 2.05. The second-order valence-corrected chi connectivity index (χ2v) is 6.68. The summed E-state index contributed by atoms with van der Waals surface area (Å²) in [5.41, 5.74) is 0.300. The molecule has 104 valence electrons. The zero-order chi connectivity index (χ0) is 14.5. The normalized spacial score (nSPS) is 20.6. The van der Waals surface area contributed by atoms with Crippen molar-refractivity contribution in [3.63, 3.8) is 0 Å². The van der Waals surface area contributed by atoms with E-state index in [2.05, 4.69) is 39.8 Å². The summed E-state index contributed by atoms with van der Waals surface area (Å²) in [7, 11) is -0.386. The highest BCUT2D eigenvalue weighted by atomic mass is 35.5. The Morgan fingerprint density at radius 1 is 0.900 bits per heavy atom. The molecule has 2 aromatic rings. The monoisotopic (exact) mass is 288 g/mol. The number of rotatable bonds is 1. The molecule has 0 unspecified atom stereocenters. The first-order valence-corrected chi connectivity index (χ1v) is 7.22. The van der Waals surface area contributed by atoms with Gasteiger partial charge in [0, 0.05) is 10.4 Å². The Hall–Kier alpha value is -1.03. The van der Waals surface area contributed by atoms with Gasteiger partial charge in [-0.2, -0.15) is 0 Å². The summed E-state index contributed by atoms with van der Waals surface area (Å²) in [6, 6.07) is 12.0. The highest BCUT2D eigenvalue weighted by Crippen LogP contribution is 2.37. The van der Waals surface area contributed by atoms with Gasteiger partial charge in [0.05, 0.1) is 11.2 Å². The minimum Gasteiger partial charge on any atom is -0.399 e. The quantitative estimate of drug-likeness (QED) is 0.743. The number of hydrogen-bond acceptors (Lipinski definition) is 2. The lowest BCUT2D eigenvalue weighted by Crippen LogP contribution is -2.41. The number of benzene rings is 2. The van der Waals surface area contributed by atoms with Gasteiger partial charge in [-0.1, -0.05) is 41.9 Å². The zero-order valence-electron chi connectivity index (χ0n) is 12.2. The topological polar surface area (TPSA) is 18.5 Å². The summed E-state index contributed by atoms with van der Waals surface area (Å²) in [4.78, 5) is 0. The van der Waals surface area contributed by atoms with E-state index in [9.17, 15) is 0 Å². The molecule has 1 aliphatic rings. The molecule has 2 aromatic carbocycles. The summed E-state index contributed by atoms with van der Waals surface area (Å²) >= 11 is 6.37. The molecule has 2 nitrogen and oxygen atoms in total. The van der Waals surface area contributed by atoms with Gasteiger partial charge in [0.1, 0.15) is 0 Å². The van der Waals surface area contributed by atoms with Crippen molar-refractivity contribution in [2.75, 3.05) is 0 Å². The van der Waals surface area contributed by atoms with Gasteiger partial charge in [-0.05, 0) is 44.6 Å². The Labute approximate surface area is 125 Å². The van der Waals surface area contributed by atoms with Crippen molar-refractivity contribution in [2.45, 2.75) is 38.9 Å². The summed E-state index contributed by atoms with van der Waals surface area (Å²) in [5.74, 6) is 0. The van der Waals surface area contributed by atoms with E-state index in [1.165, 1.54) is 0 Å². The first-order chi connectivity index (χ1) is 9.32. The van der Waals surface area contributed by atoms with E-state index in [1.54, 1.807) is 0 Å². The van der Waals surface area contributed by atoms with E-state index in [0.717, 1.165) is 21.3 Å². The lowest BCUT2D eigenvalue weighted by atomic mass is 9.76. The Bertz CT molecular complexity index is 645. The van der Waals surface area contributed by atoms with E-state index >= 15 is 0 Å². The summed E-state index contributed by atoms with van der Waals surface area (Å²) < 4.78 is 12.3. The fourth-order valence-corrected chi connectivity index (χ4v) is 2.78. The third-order valence-corrected chi connectivity index (χ3v) is 4.71. The van der Waals surface area contributed by atoms with Crippen molar-refractivity contribution in [1.29, 1.82) is 0 Å². The van der Waals surface area contributed by atoms with Crippen molar-refractivity contribution in [3.8, 4) is 0 Å². The highest BCUT2D eigenvalue weighted by Gasteiger charge is 2.52. The van der Waals surface area contributed by atoms with E-state index < -0.39 is 0 Å².